The topological polar surface area (TPSA) is 59.7 Å². The Balaban J connectivity index is 1.35. The number of aromatic nitrogens is 3. The Bertz CT molecular complexity index is 1600. The molecular weight excluding hydrogens is 460 g/mol. The highest BCUT2D eigenvalue weighted by molar-refractivity contribution is 6.09. The number of hydrogen-bond donors (Lipinski definition) is 0. The Morgan fingerprint density at radius 3 is 2.35 bits per heavy atom. The van der Waals surface area contributed by atoms with E-state index in [2.05, 4.69) is 48.1 Å². The third-order valence-electron chi connectivity index (χ3n) is 7.67. The van der Waals surface area contributed by atoms with Crippen molar-refractivity contribution in [1.82, 2.24) is 14.6 Å². The van der Waals surface area contributed by atoms with Gasteiger partial charge in [0.25, 0.3) is 0 Å². The fourth-order valence-corrected chi connectivity index (χ4v) is 5.80. The summed E-state index contributed by atoms with van der Waals surface area (Å²) >= 11 is 0. The molecule has 6 heteroatoms. The molecule has 0 saturated carbocycles. The molecule has 0 aliphatic carbocycles. The molecule has 0 amide bonds. The predicted octanol–water partition coefficient (Wildman–Crippen LogP) is 6.77. The quantitative estimate of drug-likeness (QED) is 0.260. The van der Waals surface area contributed by atoms with Gasteiger partial charge in [0.1, 0.15) is 0 Å². The second kappa shape index (κ2) is 9.36. The largest absolute Gasteiger partial charge is 0.465 e. The van der Waals surface area contributed by atoms with Crippen molar-refractivity contribution < 1.29 is 9.53 Å². The monoisotopic (exact) mass is 490 g/mol. The minimum absolute atomic E-state index is 0.347. The second-order valence-corrected chi connectivity index (χ2v) is 9.95. The minimum Gasteiger partial charge on any atom is -0.465 e. The number of piperidine rings is 1. The van der Waals surface area contributed by atoms with Crippen LogP contribution in [0.1, 0.15) is 43.5 Å². The lowest BCUT2D eigenvalue weighted by atomic mass is 9.96. The maximum absolute atomic E-state index is 12.3. The molecule has 0 unspecified atom stereocenters. The first-order valence-electron chi connectivity index (χ1n) is 12.9. The van der Waals surface area contributed by atoms with Gasteiger partial charge in [-0.05, 0) is 73.2 Å². The zero-order valence-electron chi connectivity index (χ0n) is 21.4. The number of carbonyl (C=O) groups is 1. The van der Waals surface area contributed by atoms with Crippen LogP contribution in [0.2, 0.25) is 0 Å². The van der Waals surface area contributed by atoms with Crippen molar-refractivity contribution in [2.45, 2.75) is 45.2 Å². The number of hydrogen-bond acceptors (Lipinski definition) is 5. The van der Waals surface area contributed by atoms with Crippen LogP contribution in [-0.2, 0) is 4.74 Å². The summed E-state index contributed by atoms with van der Waals surface area (Å²) in [5.74, 6) is -0.347. The van der Waals surface area contributed by atoms with E-state index in [4.69, 9.17) is 9.72 Å². The Morgan fingerprint density at radius 2 is 1.59 bits per heavy atom. The fourth-order valence-electron chi connectivity index (χ4n) is 5.80. The van der Waals surface area contributed by atoms with Gasteiger partial charge in [-0.2, -0.15) is 5.10 Å². The number of fused-ring (bicyclic) bond motifs is 2. The molecule has 1 aliphatic rings. The smallest absolute Gasteiger partial charge is 0.338 e. The minimum atomic E-state index is -0.347. The Hall–Kier alpha value is -4.19. The van der Waals surface area contributed by atoms with E-state index < -0.39 is 0 Å². The van der Waals surface area contributed by atoms with Gasteiger partial charge in [-0.15, -0.1) is 0 Å². The van der Waals surface area contributed by atoms with Crippen molar-refractivity contribution in [3.63, 3.8) is 0 Å². The highest BCUT2D eigenvalue weighted by Gasteiger charge is 2.24. The Kier molecular flexibility index (Phi) is 5.87. The molecule has 3 aromatic carbocycles. The lowest BCUT2D eigenvalue weighted by Gasteiger charge is -2.41. The number of benzene rings is 3. The molecule has 3 heterocycles. The molecule has 37 heavy (non-hydrogen) atoms. The third kappa shape index (κ3) is 4.02. The normalized spacial score (nSPS) is 17.9. The van der Waals surface area contributed by atoms with Crippen molar-refractivity contribution in [2.75, 3.05) is 12.0 Å². The molecule has 1 saturated heterocycles. The van der Waals surface area contributed by atoms with E-state index in [-0.39, 0.29) is 5.97 Å². The molecule has 6 nitrogen and oxygen atoms in total. The number of esters is 1. The van der Waals surface area contributed by atoms with Crippen molar-refractivity contribution in [3.8, 4) is 22.3 Å². The summed E-state index contributed by atoms with van der Waals surface area (Å²) in [6.45, 7) is 4.64. The predicted molar refractivity (Wildman–Crippen MR) is 148 cm³/mol. The van der Waals surface area contributed by atoms with E-state index in [9.17, 15) is 4.79 Å². The molecular formula is C31H30N4O2. The highest BCUT2D eigenvalue weighted by atomic mass is 16.5. The summed E-state index contributed by atoms with van der Waals surface area (Å²) in [4.78, 5) is 19.7. The number of methoxy groups -OCH3 is 1. The maximum Gasteiger partial charge on any atom is 0.338 e. The molecule has 186 valence electrons. The van der Waals surface area contributed by atoms with Gasteiger partial charge in [0.15, 0.2) is 5.65 Å². The van der Waals surface area contributed by atoms with Gasteiger partial charge in [-0.3, -0.25) is 0 Å². The standard InChI is InChI=1S/C31H30N4O2/c1-20-7-4-8-21(2)35(20)24-15-13-22(14-16-24)23-17-32-30-29(18-33-34(30)19-23)27-11-5-10-26-25(27)9-6-12-28(26)31(36)37-3/h5-6,9-21H,4,7-8H2,1-3H3/t20-,21+. The lowest BCUT2D eigenvalue weighted by Crippen LogP contribution is -2.43. The first-order chi connectivity index (χ1) is 18.0. The Labute approximate surface area is 216 Å². The second-order valence-electron chi connectivity index (χ2n) is 9.95. The summed E-state index contributed by atoms with van der Waals surface area (Å²) in [5, 5.41) is 6.44. The van der Waals surface area contributed by atoms with E-state index in [0.717, 1.165) is 38.7 Å². The first kappa shape index (κ1) is 23.2. The number of carbonyl (C=O) groups excluding carboxylic acids is 1. The summed E-state index contributed by atoms with van der Waals surface area (Å²) < 4.78 is 6.81. The van der Waals surface area contributed by atoms with E-state index in [1.165, 1.54) is 32.1 Å². The first-order valence-corrected chi connectivity index (χ1v) is 12.9. The van der Waals surface area contributed by atoms with Crippen LogP contribution < -0.4 is 4.90 Å². The molecule has 2 aromatic heterocycles. The van der Waals surface area contributed by atoms with Gasteiger partial charge in [0.05, 0.1) is 18.9 Å². The zero-order chi connectivity index (χ0) is 25.5. The summed E-state index contributed by atoms with van der Waals surface area (Å²) in [5.41, 5.74) is 6.62. The average Bonchev–Trinajstić information content (AvgIpc) is 3.35. The third-order valence-corrected chi connectivity index (χ3v) is 7.67. The van der Waals surface area contributed by atoms with E-state index in [1.54, 1.807) is 6.07 Å². The van der Waals surface area contributed by atoms with E-state index >= 15 is 0 Å². The summed E-state index contributed by atoms with van der Waals surface area (Å²) in [6, 6.07) is 21.5. The van der Waals surface area contributed by atoms with Crippen LogP contribution >= 0.6 is 0 Å². The van der Waals surface area contributed by atoms with Crippen LogP contribution in [0.3, 0.4) is 0 Å². The van der Waals surface area contributed by atoms with Gasteiger partial charge in [-0.1, -0.05) is 42.5 Å². The van der Waals surface area contributed by atoms with Crippen molar-refractivity contribution >= 4 is 28.1 Å². The number of nitrogens with zero attached hydrogens (tertiary/aromatic N) is 4. The molecule has 0 bridgehead atoms. The number of ether oxygens (including phenoxy) is 1. The molecule has 0 N–H and O–H groups in total. The summed E-state index contributed by atoms with van der Waals surface area (Å²) in [7, 11) is 1.40. The summed E-state index contributed by atoms with van der Waals surface area (Å²) in [6.07, 6.45) is 9.57. The van der Waals surface area contributed by atoms with Crippen LogP contribution in [0.25, 0.3) is 38.7 Å². The maximum atomic E-state index is 12.3. The van der Waals surface area contributed by atoms with Crippen LogP contribution in [0.15, 0.2) is 79.3 Å². The number of anilines is 1. The molecule has 6 rings (SSSR count). The van der Waals surface area contributed by atoms with Crippen LogP contribution in [0, 0.1) is 0 Å². The van der Waals surface area contributed by atoms with Crippen LogP contribution in [0.5, 0.6) is 0 Å². The van der Waals surface area contributed by atoms with Crippen molar-refractivity contribution in [1.29, 1.82) is 0 Å². The van der Waals surface area contributed by atoms with Crippen LogP contribution in [-0.4, -0.2) is 39.8 Å². The molecule has 1 fully saturated rings. The van der Waals surface area contributed by atoms with Crippen LogP contribution in [0.4, 0.5) is 5.69 Å². The van der Waals surface area contributed by atoms with E-state index in [0.29, 0.717) is 17.6 Å². The SMILES string of the molecule is COC(=O)c1cccc2c(-c3cnn4cc(-c5ccc(N6[C@H](C)CCC[C@@H]6C)cc5)cnc34)cccc12. The molecule has 0 radical (unpaired) electrons. The van der Waals surface area contributed by atoms with Gasteiger partial charge < -0.3 is 9.64 Å². The molecule has 2 atom stereocenters. The number of rotatable bonds is 4. The highest BCUT2D eigenvalue weighted by Crippen LogP contribution is 2.34. The van der Waals surface area contributed by atoms with Crippen molar-refractivity contribution in [3.05, 3.63) is 84.8 Å². The Morgan fingerprint density at radius 1 is 0.865 bits per heavy atom. The van der Waals surface area contributed by atoms with Gasteiger partial charge >= 0.3 is 5.97 Å². The fraction of sp³-hybridized carbons (Fsp3) is 0.258. The van der Waals surface area contributed by atoms with E-state index in [1.807, 2.05) is 53.4 Å². The zero-order valence-corrected chi connectivity index (χ0v) is 21.4. The molecule has 5 aromatic rings. The average molecular weight is 491 g/mol. The van der Waals surface area contributed by atoms with Gasteiger partial charge in [-0.25, -0.2) is 14.3 Å². The van der Waals surface area contributed by atoms with Gasteiger partial charge in [0.2, 0.25) is 0 Å². The lowest BCUT2D eigenvalue weighted by molar-refractivity contribution is 0.0603. The van der Waals surface area contributed by atoms with Gasteiger partial charge in [0, 0.05) is 41.3 Å². The molecule has 1 aliphatic heterocycles. The van der Waals surface area contributed by atoms with Crippen molar-refractivity contribution in [2.24, 2.45) is 0 Å². The molecule has 0 spiro atoms.